The Morgan fingerprint density at radius 3 is 2.74 bits per heavy atom. The zero-order valence-corrected chi connectivity index (χ0v) is 13.4. The first kappa shape index (κ1) is 15.4. The molecule has 3 heterocycles. The first-order valence-electron chi connectivity index (χ1n) is 7.80. The van der Waals surface area contributed by atoms with Crippen LogP contribution in [0.25, 0.3) is 0 Å². The van der Waals surface area contributed by atoms with Crippen LogP contribution in [0.1, 0.15) is 37.3 Å². The number of aromatic nitrogens is 6. The van der Waals surface area contributed by atoms with E-state index in [9.17, 15) is 4.79 Å². The molecule has 0 aromatic carbocycles. The van der Waals surface area contributed by atoms with E-state index in [1.165, 1.54) is 13.4 Å². The molecule has 1 aliphatic rings. The monoisotopic (exact) mass is 319 g/mol. The predicted octanol–water partition coefficient (Wildman–Crippen LogP) is 0.884. The zero-order chi connectivity index (χ0) is 16.2. The molecule has 0 unspecified atom stereocenters. The smallest absolute Gasteiger partial charge is 0.409 e. The van der Waals surface area contributed by atoms with Gasteiger partial charge in [0.25, 0.3) is 0 Å². The molecule has 0 saturated carbocycles. The number of methoxy groups -OCH3 is 1. The van der Waals surface area contributed by atoms with Gasteiger partial charge in [-0.25, -0.2) is 14.5 Å². The standard InChI is InChI=1S/C14H21N7O2/c1-3-21-12(8-20-10-15-9-16-20)17-18-13(21)11-4-6-19(7-5-11)14(22)23-2/h9-11H,3-8H2,1-2H3. The lowest BCUT2D eigenvalue weighted by molar-refractivity contribution is 0.111. The Morgan fingerprint density at radius 1 is 1.35 bits per heavy atom. The Bertz CT molecular complexity index is 644. The Morgan fingerprint density at radius 2 is 2.13 bits per heavy atom. The van der Waals surface area contributed by atoms with E-state index >= 15 is 0 Å². The molecule has 3 rings (SSSR count). The lowest BCUT2D eigenvalue weighted by Crippen LogP contribution is -2.38. The minimum atomic E-state index is -0.257. The van der Waals surface area contributed by atoms with Crippen molar-refractivity contribution in [3.8, 4) is 0 Å². The fourth-order valence-electron chi connectivity index (χ4n) is 3.02. The van der Waals surface area contributed by atoms with Crippen LogP contribution < -0.4 is 0 Å². The van der Waals surface area contributed by atoms with E-state index in [0.29, 0.717) is 25.6 Å². The highest BCUT2D eigenvalue weighted by atomic mass is 16.5. The number of hydrogen-bond donors (Lipinski definition) is 0. The van der Waals surface area contributed by atoms with E-state index in [1.807, 2.05) is 0 Å². The van der Waals surface area contributed by atoms with Crippen LogP contribution in [0.2, 0.25) is 0 Å². The fourth-order valence-corrected chi connectivity index (χ4v) is 3.02. The number of carbonyl (C=O) groups is 1. The third-order valence-electron chi connectivity index (χ3n) is 4.24. The Hall–Kier alpha value is -2.45. The second-order valence-corrected chi connectivity index (χ2v) is 5.54. The van der Waals surface area contributed by atoms with Crippen molar-refractivity contribution in [2.45, 2.75) is 38.8 Å². The largest absolute Gasteiger partial charge is 0.453 e. The van der Waals surface area contributed by atoms with Crippen molar-refractivity contribution in [3.05, 3.63) is 24.3 Å². The molecule has 1 saturated heterocycles. The van der Waals surface area contributed by atoms with Crippen molar-refractivity contribution < 1.29 is 9.53 Å². The maximum Gasteiger partial charge on any atom is 0.409 e. The van der Waals surface area contributed by atoms with E-state index in [-0.39, 0.29) is 6.09 Å². The molecular weight excluding hydrogens is 298 g/mol. The van der Waals surface area contributed by atoms with Crippen LogP contribution in [0.4, 0.5) is 4.79 Å². The van der Waals surface area contributed by atoms with E-state index in [1.54, 1.807) is 15.9 Å². The highest BCUT2D eigenvalue weighted by Crippen LogP contribution is 2.27. The minimum absolute atomic E-state index is 0.257. The van der Waals surface area contributed by atoms with Crippen LogP contribution in [0.15, 0.2) is 12.7 Å². The van der Waals surface area contributed by atoms with Gasteiger partial charge in [-0.05, 0) is 19.8 Å². The SMILES string of the molecule is CCn1c(Cn2cncn2)nnc1C1CCN(C(=O)OC)CC1. The summed E-state index contributed by atoms with van der Waals surface area (Å²) in [6.07, 6.45) is 4.67. The highest BCUT2D eigenvalue weighted by Gasteiger charge is 2.28. The van der Waals surface area contributed by atoms with Gasteiger partial charge in [0.15, 0.2) is 5.82 Å². The van der Waals surface area contributed by atoms with Crippen molar-refractivity contribution in [1.29, 1.82) is 0 Å². The summed E-state index contributed by atoms with van der Waals surface area (Å²) in [5.41, 5.74) is 0. The van der Waals surface area contributed by atoms with Gasteiger partial charge < -0.3 is 14.2 Å². The number of ether oxygens (including phenoxy) is 1. The summed E-state index contributed by atoms with van der Waals surface area (Å²) in [4.78, 5) is 17.3. The number of nitrogens with zero attached hydrogens (tertiary/aromatic N) is 7. The molecule has 0 bridgehead atoms. The molecule has 2 aromatic rings. The van der Waals surface area contributed by atoms with E-state index in [0.717, 1.165) is 31.0 Å². The minimum Gasteiger partial charge on any atom is -0.453 e. The van der Waals surface area contributed by atoms with Crippen LogP contribution in [0, 0.1) is 0 Å². The second kappa shape index (κ2) is 6.76. The van der Waals surface area contributed by atoms with E-state index < -0.39 is 0 Å². The molecule has 0 spiro atoms. The summed E-state index contributed by atoms with van der Waals surface area (Å²) < 4.78 is 8.65. The van der Waals surface area contributed by atoms with Gasteiger partial charge in [-0.1, -0.05) is 0 Å². The topological polar surface area (TPSA) is 91.0 Å². The first-order chi connectivity index (χ1) is 11.2. The second-order valence-electron chi connectivity index (χ2n) is 5.54. The molecule has 1 aliphatic heterocycles. The molecule has 0 N–H and O–H groups in total. The number of carbonyl (C=O) groups excluding carboxylic acids is 1. The number of likely N-dealkylation sites (tertiary alicyclic amines) is 1. The van der Waals surface area contributed by atoms with Crippen molar-refractivity contribution >= 4 is 6.09 Å². The van der Waals surface area contributed by atoms with Gasteiger partial charge in [0.05, 0.1) is 7.11 Å². The lowest BCUT2D eigenvalue weighted by Gasteiger charge is -2.30. The Labute approximate surface area is 134 Å². The fraction of sp³-hybridized carbons (Fsp3) is 0.643. The van der Waals surface area contributed by atoms with E-state index in [2.05, 4.69) is 31.8 Å². The van der Waals surface area contributed by atoms with Crippen molar-refractivity contribution in [2.24, 2.45) is 0 Å². The average Bonchev–Trinajstić information content (AvgIpc) is 3.24. The van der Waals surface area contributed by atoms with Crippen LogP contribution in [0.3, 0.4) is 0 Å². The number of piperidine rings is 1. The zero-order valence-electron chi connectivity index (χ0n) is 13.4. The van der Waals surface area contributed by atoms with Gasteiger partial charge >= 0.3 is 6.09 Å². The quantitative estimate of drug-likeness (QED) is 0.831. The molecule has 124 valence electrons. The molecule has 0 radical (unpaired) electrons. The van der Waals surface area contributed by atoms with Crippen LogP contribution in [0.5, 0.6) is 0 Å². The van der Waals surface area contributed by atoms with Crippen LogP contribution in [-0.2, 0) is 17.8 Å². The molecule has 0 aliphatic carbocycles. The van der Waals surface area contributed by atoms with Gasteiger partial charge in [-0.15, -0.1) is 10.2 Å². The predicted molar refractivity (Wildman–Crippen MR) is 80.8 cm³/mol. The van der Waals surface area contributed by atoms with E-state index in [4.69, 9.17) is 4.74 Å². The van der Waals surface area contributed by atoms with Gasteiger partial charge in [-0.2, -0.15) is 5.10 Å². The highest BCUT2D eigenvalue weighted by molar-refractivity contribution is 5.67. The summed E-state index contributed by atoms with van der Waals surface area (Å²) in [5, 5.41) is 12.8. The number of amides is 1. The van der Waals surface area contributed by atoms with Gasteiger partial charge in [0.1, 0.15) is 25.0 Å². The van der Waals surface area contributed by atoms with Crippen molar-refractivity contribution in [1.82, 2.24) is 34.4 Å². The number of hydrogen-bond acceptors (Lipinski definition) is 6. The summed E-state index contributed by atoms with van der Waals surface area (Å²) in [6, 6.07) is 0. The third kappa shape index (κ3) is 3.17. The summed E-state index contributed by atoms with van der Waals surface area (Å²) >= 11 is 0. The third-order valence-corrected chi connectivity index (χ3v) is 4.24. The van der Waals surface area contributed by atoms with Gasteiger partial charge in [0.2, 0.25) is 0 Å². The summed E-state index contributed by atoms with van der Waals surface area (Å²) in [7, 11) is 1.42. The van der Waals surface area contributed by atoms with Crippen molar-refractivity contribution in [3.63, 3.8) is 0 Å². The average molecular weight is 319 g/mol. The number of rotatable bonds is 4. The summed E-state index contributed by atoms with van der Waals surface area (Å²) in [6.45, 7) is 4.82. The maximum absolute atomic E-state index is 11.6. The molecule has 9 heteroatoms. The molecular formula is C14H21N7O2. The first-order valence-corrected chi connectivity index (χ1v) is 7.80. The van der Waals surface area contributed by atoms with Crippen LogP contribution in [-0.4, -0.2) is 60.7 Å². The van der Waals surface area contributed by atoms with Gasteiger partial charge in [-0.3, -0.25) is 0 Å². The molecule has 2 aromatic heterocycles. The van der Waals surface area contributed by atoms with Crippen molar-refractivity contribution in [2.75, 3.05) is 20.2 Å². The molecule has 9 nitrogen and oxygen atoms in total. The van der Waals surface area contributed by atoms with Gasteiger partial charge in [0, 0.05) is 25.6 Å². The van der Waals surface area contributed by atoms with Crippen LogP contribution >= 0.6 is 0 Å². The Balaban J connectivity index is 1.71. The summed E-state index contributed by atoms with van der Waals surface area (Å²) in [5.74, 6) is 2.18. The lowest BCUT2D eigenvalue weighted by atomic mass is 9.96. The molecule has 0 atom stereocenters. The maximum atomic E-state index is 11.6. The normalized spacial score (nSPS) is 15.8. The molecule has 23 heavy (non-hydrogen) atoms. The molecule has 1 amide bonds. The Kier molecular flexibility index (Phi) is 4.54. The molecule has 1 fully saturated rings.